The van der Waals surface area contributed by atoms with E-state index in [-0.39, 0.29) is 6.61 Å². The maximum Gasteiger partial charge on any atom is 0.140 e. The lowest BCUT2D eigenvalue weighted by Gasteiger charge is -2.04. The summed E-state index contributed by atoms with van der Waals surface area (Å²) in [6.45, 7) is 2.63. The van der Waals surface area contributed by atoms with Crippen molar-refractivity contribution < 1.29 is 9.84 Å². The summed E-state index contributed by atoms with van der Waals surface area (Å²) in [6.07, 6.45) is 2.72. The SMILES string of the molecule is CCc1ccc(OCc2ncc(CO)s2)cc1. The maximum atomic E-state index is 8.92. The fourth-order valence-corrected chi connectivity index (χ4v) is 2.15. The van der Waals surface area contributed by atoms with Crippen molar-refractivity contribution >= 4 is 11.3 Å². The van der Waals surface area contributed by atoms with E-state index < -0.39 is 0 Å². The van der Waals surface area contributed by atoms with Gasteiger partial charge in [0.25, 0.3) is 0 Å². The number of thiazole rings is 1. The van der Waals surface area contributed by atoms with Crippen LogP contribution in [0.2, 0.25) is 0 Å². The highest BCUT2D eigenvalue weighted by Crippen LogP contribution is 2.17. The summed E-state index contributed by atoms with van der Waals surface area (Å²) in [5.74, 6) is 0.850. The lowest BCUT2D eigenvalue weighted by Crippen LogP contribution is -1.94. The molecule has 1 aromatic heterocycles. The van der Waals surface area contributed by atoms with Crippen LogP contribution in [0.5, 0.6) is 5.75 Å². The molecule has 0 spiro atoms. The predicted molar refractivity (Wildman–Crippen MR) is 68.2 cm³/mol. The Balaban J connectivity index is 1.92. The van der Waals surface area contributed by atoms with E-state index in [0.717, 1.165) is 22.1 Å². The van der Waals surface area contributed by atoms with Crippen molar-refractivity contribution in [3.8, 4) is 5.75 Å². The van der Waals surface area contributed by atoms with Crippen LogP contribution in [0.3, 0.4) is 0 Å². The molecule has 0 saturated heterocycles. The molecule has 2 rings (SSSR count). The van der Waals surface area contributed by atoms with Gasteiger partial charge >= 0.3 is 0 Å². The number of aliphatic hydroxyl groups is 1. The van der Waals surface area contributed by atoms with E-state index in [2.05, 4.69) is 24.0 Å². The van der Waals surface area contributed by atoms with E-state index in [4.69, 9.17) is 9.84 Å². The maximum absolute atomic E-state index is 8.92. The van der Waals surface area contributed by atoms with Gasteiger partial charge in [-0.25, -0.2) is 4.98 Å². The number of nitrogens with zero attached hydrogens (tertiary/aromatic N) is 1. The Morgan fingerprint density at radius 2 is 2.06 bits per heavy atom. The Labute approximate surface area is 105 Å². The highest BCUT2D eigenvalue weighted by Gasteiger charge is 2.02. The third-order valence-electron chi connectivity index (χ3n) is 2.45. The zero-order valence-electron chi connectivity index (χ0n) is 9.72. The lowest BCUT2D eigenvalue weighted by atomic mass is 10.2. The molecule has 0 aliphatic heterocycles. The van der Waals surface area contributed by atoms with Crippen LogP contribution >= 0.6 is 11.3 Å². The van der Waals surface area contributed by atoms with Crippen LogP contribution in [-0.2, 0) is 19.6 Å². The predicted octanol–water partition coefficient (Wildman–Crippen LogP) is 2.78. The molecule has 2 aromatic rings. The van der Waals surface area contributed by atoms with E-state index in [1.165, 1.54) is 16.9 Å². The highest BCUT2D eigenvalue weighted by atomic mass is 32.1. The van der Waals surface area contributed by atoms with Gasteiger partial charge in [-0.1, -0.05) is 19.1 Å². The van der Waals surface area contributed by atoms with E-state index in [1.807, 2.05) is 12.1 Å². The molecule has 0 atom stereocenters. The van der Waals surface area contributed by atoms with Crippen LogP contribution < -0.4 is 4.74 Å². The molecule has 0 aliphatic rings. The van der Waals surface area contributed by atoms with Crippen molar-refractivity contribution in [3.63, 3.8) is 0 Å². The minimum Gasteiger partial charge on any atom is -0.486 e. The molecule has 3 nitrogen and oxygen atoms in total. The smallest absolute Gasteiger partial charge is 0.140 e. The average Bonchev–Trinajstić information content (AvgIpc) is 2.85. The number of aliphatic hydroxyl groups excluding tert-OH is 1. The molecule has 0 bridgehead atoms. The molecule has 0 aliphatic carbocycles. The van der Waals surface area contributed by atoms with Gasteiger partial charge in [0.2, 0.25) is 0 Å². The van der Waals surface area contributed by atoms with E-state index in [9.17, 15) is 0 Å². The zero-order valence-corrected chi connectivity index (χ0v) is 10.5. The van der Waals surface area contributed by atoms with Gasteiger partial charge in [0.05, 0.1) is 11.5 Å². The van der Waals surface area contributed by atoms with Gasteiger partial charge in [-0.05, 0) is 24.1 Å². The van der Waals surface area contributed by atoms with Crippen LogP contribution in [0.4, 0.5) is 0 Å². The summed E-state index contributed by atoms with van der Waals surface area (Å²) in [5, 5.41) is 9.81. The monoisotopic (exact) mass is 249 g/mol. The number of ether oxygens (including phenoxy) is 1. The van der Waals surface area contributed by atoms with Gasteiger partial charge in [0.15, 0.2) is 0 Å². The molecule has 0 radical (unpaired) electrons. The molecule has 1 heterocycles. The van der Waals surface area contributed by atoms with Crippen molar-refractivity contribution in [1.29, 1.82) is 0 Å². The number of benzene rings is 1. The minimum absolute atomic E-state index is 0.0445. The third-order valence-corrected chi connectivity index (χ3v) is 3.41. The van der Waals surface area contributed by atoms with Crippen molar-refractivity contribution in [2.45, 2.75) is 26.6 Å². The summed E-state index contributed by atoms with van der Waals surface area (Å²) in [4.78, 5) is 5.04. The molecule has 0 fully saturated rings. The fourth-order valence-electron chi connectivity index (χ4n) is 1.45. The van der Waals surface area contributed by atoms with Crippen molar-refractivity contribution in [3.05, 3.63) is 45.9 Å². The fraction of sp³-hybridized carbons (Fsp3) is 0.308. The zero-order chi connectivity index (χ0) is 12.1. The number of hydrogen-bond donors (Lipinski definition) is 1. The van der Waals surface area contributed by atoms with Gasteiger partial charge in [-0.3, -0.25) is 0 Å². The Bertz CT molecular complexity index is 465. The lowest BCUT2D eigenvalue weighted by molar-refractivity contribution is 0.285. The molecular formula is C13H15NO2S. The van der Waals surface area contributed by atoms with Crippen LogP contribution in [0.25, 0.3) is 0 Å². The number of aryl methyl sites for hydroxylation is 1. The van der Waals surface area contributed by atoms with Crippen LogP contribution in [0, 0.1) is 0 Å². The first-order chi connectivity index (χ1) is 8.31. The van der Waals surface area contributed by atoms with Crippen molar-refractivity contribution in [1.82, 2.24) is 4.98 Å². The molecule has 4 heteroatoms. The van der Waals surface area contributed by atoms with Gasteiger partial charge < -0.3 is 9.84 Å². The molecule has 90 valence electrons. The number of aromatic nitrogens is 1. The summed E-state index contributed by atoms with van der Waals surface area (Å²) < 4.78 is 5.62. The van der Waals surface area contributed by atoms with Gasteiger partial charge in [-0.2, -0.15) is 0 Å². The highest BCUT2D eigenvalue weighted by molar-refractivity contribution is 7.11. The number of rotatable bonds is 5. The first-order valence-electron chi connectivity index (χ1n) is 5.58. The van der Waals surface area contributed by atoms with Crippen molar-refractivity contribution in [2.75, 3.05) is 0 Å². The Morgan fingerprint density at radius 3 is 2.65 bits per heavy atom. The summed E-state index contributed by atoms with van der Waals surface area (Å²) in [7, 11) is 0. The van der Waals surface area contributed by atoms with Gasteiger partial charge in [0, 0.05) is 6.20 Å². The normalized spacial score (nSPS) is 10.5. The summed E-state index contributed by atoms with van der Waals surface area (Å²) in [6, 6.07) is 8.07. The van der Waals surface area contributed by atoms with E-state index in [1.54, 1.807) is 6.20 Å². The second-order valence-corrected chi connectivity index (χ2v) is 4.86. The van der Waals surface area contributed by atoms with E-state index >= 15 is 0 Å². The molecule has 0 unspecified atom stereocenters. The Kier molecular flexibility index (Phi) is 4.12. The first kappa shape index (κ1) is 12.1. The topological polar surface area (TPSA) is 42.4 Å². The first-order valence-corrected chi connectivity index (χ1v) is 6.39. The van der Waals surface area contributed by atoms with Crippen LogP contribution in [0.1, 0.15) is 22.4 Å². The molecule has 17 heavy (non-hydrogen) atoms. The summed E-state index contributed by atoms with van der Waals surface area (Å²) >= 11 is 1.47. The molecular weight excluding hydrogens is 234 g/mol. The molecule has 0 amide bonds. The van der Waals surface area contributed by atoms with E-state index in [0.29, 0.717) is 6.61 Å². The quantitative estimate of drug-likeness (QED) is 0.886. The van der Waals surface area contributed by atoms with Crippen molar-refractivity contribution in [2.24, 2.45) is 0 Å². The standard InChI is InChI=1S/C13H15NO2S/c1-2-10-3-5-11(6-4-10)16-9-13-14-7-12(8-15)17-13/h3-7,15H,2,8-9H2,1H3. The second kappa shape index (κ2) is 5.80. The minimum atomic E-state index is 0.0445. The van der Waals surface area contributed by atoms with Gasteiger partial charge in [0.1, 0.15) is 17.4 Å². The summed E-state index contributed by atoms with van der Waals surface area (Å²) in [5.41, 5.74) is 1.30. The Morgan fingerprint density at radius 1 is 1.29 bits per heavy atom. The number of hydrogen-bond acceptors (Lipinski definition) is 4. The van der Waals surface area contributed by atoms with Crippen LogP contribution in [0.15, 0.2) is 30.5 Å². The molecule has 1 aromatic carbocycles. The molecule has 1 N–H and O–H groups in total. The average molecular weight is 249 g/mol. The Hall–Kier alpha value is -1.39. The third kappa shape index (κ3) is 3.28. The van der Waals surface area contributed by atoms with Gasteiger partial charge in [-0.15, -0.1) is 11.3 Å². The second-order valence-electron chi connectivity index (χ2n) is 3.66. The molecule has 0 saturated carbocycles. The largest absolute Gasteiger partial charge is 0.486 e. The van der Waals surface area contributed by atoms with Crippen LogP contribution in [-0.4, -0.2) is 10.1 Å².